The molecule has 1 amide bonds. The van der Waals surface area contributed by atoms with Gasteiger partial charge in [0.2, 0.25) is 15.9 Å². The van der Waals surface area contributed by atoms with Crippen molar-refractivity contribution in [3.8, 4) is 0 Å². The van der Waals surface area contributed by atoms with Crippen molar-refractivity contribution in [2.24, 2.45) is 0 Å². The van der Waals surface area contributed by atoms with Crippen LogP contribution in [0.3, 0.4) is 0 Å². The third-order valence-electron chi connectivity index (χ3n) is 5.74. The van der Waals surface area contributed by atoms with E-state index in [4.69, 9.17) is 0 Å². The van der Waals surface area contributed by atoms with Gasteiger partial charge in [0.15, 0.2) is 0 Å². The largest absolute Gasteiger partial charge is 0.326 e. The summed E-state index contributed by atoms with van der Waals surface area (Å²) in [5.74, 6) is -0.0347. The summed E-state index contributed by atoms with van der Waals surface area (Å²) in [7, 11) is -1.85. The van der Waals surface area contributed by atoms with Crippen molar-refractivity contribution in [3.63, 3.8) is 0 Å². The number of carbonyl (C=O) groups is 1. The molecular weight excluding hydrogens is 434 g/mol. The molecule has 0 aromatic heterocycles. The fourth-order valence-electron chi connectivity index (χ4n) is 3.64. The molecule has 0 aliphatic rings. The predicted molar refractivity (Wildman–Crippen MR) is 138 cm³/mol. The Kier molecular flexibility index (Phi) is 12.0. The Morgan fingerprint density at radius 3 is 2.09 bits per heavy atom. The number of hydrogen-bond donors (Lipinski definition) is 1. The standard InChI is InChI=1S/C26H39N3O3S/c1-3-4-5-6-7-14-20-29(21-19-26(30)27-24-15-10-8-11-16-24)22-23-33(31,32)28(2)25-17-12-9-13-18-25/h8-13,15-18H,3-7,14,19-23H2,1-2H3,(H,27,30). The second kappa shape index (κ2) is 14.7. The summed E-state index contributed by atoms with van der Waals surface area (Å²) in [6, 6.07) is 18.5. The number of para-hydroxylation sites is 2. The van der Waals surface area contributed by atoms with E-state index in [2.05, 4.69) is 17.1 Å². The molecular formula is C26H39N3O3S. The maximum atomic E-state index is 12.9. The minimum atomic E-state index is -3.45. The molecule has 0 saturated carbocycles. The van der Waals surface area contributed by atoms with Crippen LogP contribution in [-0.2, 0) is 14.8 Å². The highest BCUT2D eigenvalue weighted by molar-refractivity contribution is 7.92. The van der Waals surface area contributed by atoms with E-state index in [9.17, 15) is 13.2 Å². The highest BCUT2D eigenvalue weighted by Gasteiger charge is 2.20. The summed E-state index contributed by atoms with van der Waals surface area (Å²) >= 11 is 0. The van der Waals surface area contributed by atoms with E-state index < -0.39 is 10.0 Å². The normalized spacial score (nSPS) is 11.5. The van der Waals surface area contributed by atoms with Gasteiger partial charge in [-0.3, -0.25) is 9.10 Å². The minimum absolute atomic E-state index is 0.0224. The molecule has 6 nitrogen and oxygen atoms in total. The van der Waals surface area contributed by atoms with Gasteiger partial charge in [0.1, 0.15) is 0 Å². The van der Waals surface area contributed by atoms with E-state index in [1.807, 2.05) is 48.5 Å². The minimum Gasteiger partial charge on any atom is -0.326 e. The van der Waals surface area contributed by atoms with Gasteiger partial charge in [-0.2, -0.15) is 0 Å². The van der Waals surface area contributed by atoms with Crippen molar-refractivity contribution >= 4 is 27.3 Å². The summed E-state index contributed by atoms with van der Waals surface area (Å²) in [4.78, 5) is 14.5. The molecule has 1 N–H and O–H groups in total. The van der Waals surface area contributed by atoms with Gasteiger partial charge in [0, 0.05) is 32.2 Å². The molecule has 0 aliphatic carbocycles. The van der Waals surface area contributed by atoms with Crippen LogP contribution in [0.5, 0.6) is 0 Å². The lowest BCUT2D eigenvalue weighted by atomic mass is 10.1. The molecule has 33 heavy (non-hydrogen) atoms. The summed E-state index contributed by atoms with van der Waals surface area (Å²) in [6.07, 6.45) is 7.39. The Hall–Kier alpha value is -2.38. The van der Waals surface area contributed by atoms with Crippen LogP contribution in [0.25, 0.3) is 0 Å². The third-order valence-corrected chi connectivity index (χ3v) is 7.49. The monoisotopic (exact) mass is 473 g/mol. The van der Waals surface area contributed by atoms with E-state index in [-0.39, 0.29) is 11.7 Å². The van der Waals surface area contributed by atoms with Gasteiger partial charge in [-0.25, -0.2) is 8.42 Å². The van der Waals surface area contributed by atoms with Gasteiger partial charge in [-0.05, 0) is 37.2 Å². The average Bonchev–Trinajstić information content (AvgIpc) is 2.83. The van der Waals surface area contributed by atoms with E-state index in [1.165, 1.54) is 30.0 Å². The topological polar surface area (TPSA) is 69.7 Å². The molecule has 2 rings (SSSR count). The zero-order chi connectivity index (χ0) is 23.9. The third kappa shape index (κ3) is 10.4. The molecule has 0 saturated heterocycles. The van der Waals surface area contributed by atoms with Crippen molar-refractivity contribution < 1.29 is 13.2 Å². The summed E-state index contributed by atoms with van der Waals surface area (Å²) < 4.78 is 27.1. The van der Waals surface area contributed by atoms with E-state index in [0.29, 0.717) is 25.2 Å². The number of unbranched alkanes of at least 4 members (excludes halogenated alkanes) is 5. The van der Waals surface area contributed by atoms with Crippen LogP contribution in [-0.4, -0.2) is 51.7 Å². The number of nitrogens with one attached hydrogen (secondary N) is 1. The van der Waals surface area contributed by atoms with Crippen LogP contribution < -0.4 is 9.62 Å². The summed E-state index contributed by atoms with van der Waals surface area (Å²) in [5.41, 5.74) is 1.43. The van der Waals surface area contributed by atoms with E-state index >= 15 is 0 Å². The predicted octanol–water partition coefficient (Wildman–Crippen LogP) is 5.14. The lowest BCUT2D eigenvalue weighted by Crippen LogP contribution is -2.37. The van der Waals surface area contributed by atoms with Gasteiger partial charge in [0.05, 0.1) is 11.4 Å². The number of amides is 1. The molecule has 0 bridgehead atoms. The fourth-order valence-corrected chi connectivity index (χ4v) is 4.84. The fraction of sp³-hybridized carbons (Fsp3) is 0.500. The molecule has 0 atom stereocenters. The number of sulfonamides is 1. The molecule has 0 spiro atoms. The Labute approximate surface area is 200 Å². The maximum Gasteiger partial charge on any atom is 0.236 e. The smallest absolute Gasteiger partial charge is 0.236 e. The van der Waals surface area contributed by atoms with Gasteiger partial charge >= 0.3 is 0 Å². The van der Waals surface area contributed by atoms with Crippen LogP contribution in [0.4, 0.5) is 11.4 Å². The zero-order valence-corrected chi connectivity index (χ0v) is 20.9. The molecule has 2 aromatic rings. The number of anilines is 2. The van der Waals surface area contributed by atoms with Crippen LogP contribution in [0.15, 0.2) is 60.7 Å². The van der Waals surface area contributed by atoms with Crippen molar-refractivity contribution in [1.29, 1.82) is 0 Å². The molecule has 0 heterocycles. The van der Waals surface area contributed by atoms with Crippen LogP contribution >= 0.6 is 0 Å². The van der Waals surface area contributed by atoms with Gasteiger partial charge in [-0.15, -0.1) is 0 Å². The first-order chi connectivity index (χ1) is 15.9. The highest BCUT2D eigenvalue weighted by atomic mass is 32.2. The molecule has 7 heteroatoms. The first-order valence-electron chi connectivity index (χ1n) is 12.0. The first-order valence-corrected chi connectivity index (χ1v) is 13.6. The van der Waals surface area contributed by atoms with Crippen molar-refractivity contribution in [2.45, 2.75) is 51.9 Å². The van der Waals surface area contributed by atoms with Gasteiger partial charge < -0.3 is 10.2 Å². The maximum absolute atomic E-state index is 12.9. The van der Waals surface area contributed by atoms with Gasteiger partial charge in [-0.1, -0.05) is 75.4 Å². The summed E-state index contributed by atoms with van der Waals surface area (Å²) in [6.45, 7) is 3.95. The van der Waals surface area contributed by atoms with Crippen LogP contribution in [0.2, 0.25) is 0 Å². The number of carbonyl (C=O) groups excluding carboxylic acids is 1. The number of benzene rings is 2. The number of rotatable bonds is 16. The molecule has 0 aliphatic heterocycles. The van der Waals surface area contributed by atoms with E-state index in [0.717, 1.165) is 25.1 Å². The lowest BCUT2D eigenvalue weighted by Gasteiger charge is -2.25. The number of nitrogens with zero attached hydrogens (tertiary/aromatic N) is 2. The zero-order valence-electron chi connectivity index (χ0n) is 20.1. The molecule has 2 aromatic carbocycles. The van der Waals surface area contributed by atoms with Crippen molar-refractivity contribution in [3.05, 3.63) is 60.7 Å². The SMILES string of the molecule is CCCCCCCCN(CCC(=O)Nc1ccccc1)CCS(=O)(=O)N(C)c1ccccc1. The quantitative estimate of drug-likeness (QED) is 0.343. The molecule has 0 radical (unpaired) electrons. The van der Waals surface area contributed by atoms with E-state index in [1.54, 1.807) is 19.2 Å². The summed E-state index contributed by atoms with van der Waals surface area (Å²) in [5, 5.41) is 2.91. The first kappa shape index (κ1) is 26.9. The Balaban J connectivity index is 1.89. The molecule has 0 unspecified atom stereocenters. The average molecular weight is 474 g/mol. The highest BCUT2D eigenvalue weighted by Crippen LogP contribution is 2.16. The van der Waals surface area contributed by atoms with Crippen LogP contribution in [0.1, 0.15) is 51.9 Å². The Morgan fingerprint density at radius 2 is 1.42 bits per heavy atom. The van der Waals surface area contributed by atoms with Crippen molar-refractivity contribution in [2.75, 3.05) is 42.1 Å². The van der Waals surface area contributed by atoms with Crippen LogP contribution in [0, 0.1) is 0 Å². The lowest BCUT2D eigenvalue weighted by molar-refractivity contribution is -0.116. The molecule has 0 fully saturated rings. The Bertz CT molecular complexity index is 905. The van der Waals surface area contributed by atoms with Crippen molar-refractivity contribution in [1.82, 2.24) is 4.90 Å². The molecule has 182 valence electrons. The number of hydrogen-bond acceptors (Lipinski definition) is 4. The second-order valence-electron chi connectivity index (χ2n) is 8.39. The Morgan fingerprint density at radius 1 is 0.818 bits per heavy atom. The van der Waals surface area contributed by atoms with Gasteiger partial charge in [0.25, 0.3) is 0 Å². The second-order valence-corrected chi connectivity index (χ2v) is 10.5.